The average Bonchev–Trinajstić information content (AvgIpc) is 2.17. The number of nitrogens with zero attached hydrogens (tertiary/aromatic N) is 1. The molecular formula is C8H16N2O2S. The maximum absolute atomic E-state index is 11.2. The van der Waals surface area contributed by atoms with Crippen molar-refractivity contribution in [1.82, 2.24) is 5.32 Å². The lowest BCUT2D eigenvalue weighted by atomic mass is 10.2. The molecule has 13 heavy (non-hydrogen) atoms. The fourth-order valence-electron chi connectivity index (χ4n) is 0.776. The van der Waals surface area contributed by atoms with E-state index in [-0.39, 0.29) is 11.8 Å². The van der Waals surface area contributed by atoms with E-state index in [4.69, 9.17) is 5.21 Å². The second-order valence-corrected chi connectivity index (χ2v) is 3.74. The number of amides is 1. The summed E-state index contributed by atoms with van der Waals surface area (Å²) in [4.78, 5) is 11.2. The Morgan fingerprint density at radius 1 is 1.69 bits per heavy atom. The molecule has 0 aliphatic heterocycles. The number of rotatable bonds is 4. The van der Waals surface area contributed by atoms with Gasteiger partial charge in [0, 0.05) is 7.05 Å². The van der Waals surface area contributed by atoms with E-state index in [0.717, 1.165) is 12.2 Å². The molecule has 0 fully saturated rings. The topological polar surface area (TPSA) is 61.7 Å². The molecule has 0 rings (SSSR count). The van der Waals surface area contributed by atoms with Crippen molar-refractivity contribution in [3.63, 3.8) is 0 Å². The monoisotopic (exact) mass is 204 g/mol. The smallest absolute Gasteiger partial charge is 0.229 e. The predicted molar refractivity (Wildman–Crippen MR) is 55.2 cm³/mol. The Bertz CT molecular complexity index is 195. The van der Waals surface area contributed by atoms with Crippen LogP contribution in [-0.4, -0.2) is 29.0 Å². The zero-order chi connectivity index (χ0) is 10.3. The maximum Gasteiger partial charge on any atom is 0.229 e. The highest BCUT2D eigenvalue weighted by Crippen LogP contribution is 2.14. The molecule has 0 saturated heterocycles. The minimum atomic E-state index is -0.369. The van der Waals surface area contributed by atoms with E-state index in [1.807, 2.05) is 6.92 Å². The standard InChI is InChI=1S/C8H16N2O2S/c1-4-5-13-8(10-12)6(2)7(11)9-3/h6,12H,4-5H2,1-3H3,(H,9,11)/b10-8+. The Labute approximate surface area is 82.8 Å². The third-order valence-corrected chi connectivity index (χ3v) is 2.91. The first-order valence-corrected chi connectivity index (χ1v) is 5.22. The number of hydrogen-bond donors (Lipinski definition) is 2. The van der Waals surface area contributed by atoms with E-state index in [9.17, 15) is 4.79 Å². The van der Waals surface area contributed by atoms with E-state index in [0.29, 0.717) is 5.04 Å². The van der Waals surface area contributed by atoms with Gasteiger partial charge in [-0.2, -0.15) is 0 Å². The van der Waals surface area contributed by atoms with Gasteiger partial charge in [-0.3, -0.25) is 4.79 Å². The van der Waals surface area contributed by atoms with Gasteiger partial charge >= 0.3 is 0 Å². The average molecular weight is 204 g/mol. The maximum atomic E-state index is 11.2. The van der Waals surface area contributed by atoms with Crippen LogP contribution in [0.25, 0.3) is 0 Å². The fourth-order valence-corrected chi connectivity index (χ4v) is 1.60. The summed E-state index contributed by atoms with van der Waals surface area (Å²) in [6, 6.07) is 0. The lowest BCUT2D eigenvalue weighted by molar-refractivity contribution is -0.122. The summed E-state index contributed by atoms with van der Waals surface area (Å²) in [7, 11) is 1.57. The van der Waals surface area contributed by atoms with Crippen LogP contribution >= 0.6 is 11.8 Å². The summed E-state index contributed by atoms with van der Waals surface area (Å²) in [6.45, 7) is 3.75. The van der Waals surface area contributed by atoms with Crippen molar-refractivity contribution >= 4 is 22.7 Å². The normalized spacial score (nSPS) is 13.9. The molecule has 1 atom stereocenters. The summed E-state index contributed by atoms with van der Waals surface area (Å²) in [5, 5.41) is 14.8. The molecule has 0 aromatic rings. The van der Waals surface area contributed by atoms with E-state index in [2.05, 4.69) is 10.5 Å². The van der Waals surface area contributed by atoms with Crippen LogP contribution in [0.2, 0.25) is 0 Å². The molecule has 2 N–H and O–H groups in total. The minimum absolute atomic E-state index is 0.128. The molecule has 0 aromatic carbocycles. The molecule has 0 aliphatic carbocycles. The van der Waals surface area contributed by atoms with Gasteiger partial charge < -0.3 is 10.5 Å². The summed E-state index contributed by atoms with van der Waals surface area (Å²) < 4.78 is 0. The van der Waals surface area contributed by atoms with Gasteiger partial charge in [0.15, 0.2) is 0 Å². The summed E-state index contributed by atoms with van der Waals surface area (Å²) in [5.41, 5.74) is 0. The van der Waals surface area contributed by atoms with Crippen LogP contribution in [0.15, 0.2) is 5.16 Å². The Morgan fingerprint density at radius 3 is 2.69 bits per heavy atom. The van der Waals surface area contributed by atoms with Crippen molar-refractivity contribution in [2.75, 3.05) is 12.8 Å². The number of nitrogens with one attached hydrogen (secondary N) is 1. The number of hydrogen-bond acceptors (Lipinski definition) is 4. The fraction of sp³-hybridized carbons (Fsp3) is 0.750. The first kappa shape index (κ1) is 12.3. The largest absolute Gasteiger partial charge is 0.410 e. The van der Waals surface area contributed by atoms with Gasteiger partial charge in [-0.1, -0.05) is 12.1 Å². The van der Waals surface area contributed by atoms with Crippen LogP contribution in [0.3, 0.4) is 0 Å². The van der Waals surface area contributed by atoms with E-state index in [1.54, 1.807) is 14.0 Å². The highest BCUT2D eigenvalue weighted by molar-refractivity contribution is 8.14. The predicted octanol–water partition coefficient (Wildman–Crippen LogP) is 1.30. The van der Waals surface area contributed by atoms with Gasteiger partial charge in [-0.05, 0) is 19.1 Å². The van der Waals surface area contributed by atoms with Crippen LogP contribution in [0.4, 0.5) is 0 Å². The third kappa shape index (κ3) is 4.17. The van der Waals surface area contributed by atoms with Crippen molar-refractivity contribution in [2.24, 2.45) is 11.1 Å². The molecule has 1 amide bonds. The van der Waals surface area contributed by atoms with Crippen LogP contribution in [0.1, 0.15) is 20.3 Å². The van der Waals surface area contributed by atoms with Crippen molar-refractivity contribution < 1.29 is 10.0 Å². The lowest BCUT2D eigenvalue weighted by Gasteiger charge is -2.10. The van der Waals surface area contributed by atoms with Crippen molar-refractivity contribution in [2.45, 2.75) is 20.3 Å². The van der Waals surface area contributed by atoms with Gasteiger partial charge in [0.1, 0.15) is 5.04 Å². The van der Waals surface area contributed by atoms with Gasteiger partial charge in [0.05, 0.1) is 5.92 Å². The molecule has 0 aromatic heterocycles. The van der Waals surface area contributed by atoms with Crippen LogP contribution in [-0.2, 0) is 4.79 Å². The highest BCUT2D eigenvalue weighted by atomic mass is 32.2. The molecule has 5 heteroatoms. The zero-order valence-electron chi connectivity index (χ0n) is 8.20. The molecule has 76 valence electrons. The lowest BCUT2D eigenvalue weighted by Crippen LogP contribution is -2.29. The highest BCUT2D eigenvalue weighted by Gasteiger charge is 2.18. The van der Waals surface area contributed by atoms with E-state index >= 15 is 0 Å². The van der Waals surface area contributed by atoms with Crippen molar-refractivity contribution in [1.29, 1.82) is 0 Å². The summed E-state index contributed by atoms with van der Waals surface area (Å²) >= 11 is 1.41. The van der Waals surface area contributed by atoms with Crippen LogP contribution in [0, 0.1) is 5.92 Å². The Hall–Kier alpha value is -0.710. The Kier molecular flexibility index (Phi) is 6.40. The first-order chi connectivity index (χ1) is 6.17. The Morgan fingerprint density at radius 2 is 2.31 bits per heavy atom. The molecule has 4 nitrogen and oxygen atoms in total. The van der Waals surface area contributed by atoms with Gasteiger partial charge in [0.25, 0.3) is 0 Å². The second kappa shape index (κ2) is 6.77. The zero-order valence-corrected chi connectivity index (χ0v) is 9.02. The molecule has 0 bridgehead atoms. The molecule has 0 saturated carbocycles. The van der Waals surface area contributed by atoms with Gasteiger partial charge in [-0.15, -0.1) is 11.8 Å². The molecule has 1 unspecified atom stereocenters. The second-order valence-electron chi connectivity index (χ2n) is 2.62. The molecular weight excluding hydrogens is 188 g/mol. The number of carbonyl (C=O) groups excluding carboxylic acids is 1. The van der Waals surface area contributed by atoms with Gasteiger partial charge in [0.2, 0.25) is 5.91 Å². The van der Waals surface area contributed by atoms with E-state index < -0.39 is 0 Å². The molecule has 0 radical (unpaired) electrons. The molecule has 0 aliphatic rings. The quantitative estimate of drug-likeness (QED) is 0.314. The third-order valence-electron chi connectivity index (χ3n) is 1.56. The van der Waals surface area contributed by atoms with Gasteiger partial charge in [-0.25, -0.2) is 0 Å². The van der Waals surface area contributed by atoms with Crippen molar-refractivity contribution in [3.05, 3.63) is 0 Å². The SMILES string of the molecule is CCCS/C(=N/O)C(C)C(=O)NC. The first-order valence-electron chi connectivity index (χ1n) is 4.23. The Balaban J connectivity index is 4.16. The van der Waals surface area contributed by atoms with Crippen LogP contribution < -0.4 is 5.32 Å². The molecule has 0 heterocycles. The summed E-state index contributed by atoms with van der Waals surface area (Å²) in [5.74, 6) is 0.365. The number of carbonyl (C=O) groups is 1. The number of oxime groups is 1. The van der Waals surface area contributed by atoms with Crippen molar-refractivity contribution in [3.8, 4) is 0 Å². The van der Waals surface area contributed by atoms with Crippen LogP contribution in [0.5, 0.6) is 0 Å². The van der Waals surface area contributed by atoms with E-state index in [1.165, 1.54) is 11.8 Å². The summed E-state index contributed by atoms with van der Waals surface area (Å²) in [6.07, 6.45) is 0.990. The minimum Gasteiger partial charge on any atom is -0.410 e. The molecule has 0 spiro atoms. The number of thioether (sulfide) groups is 1.